The van der Waals surface area contributed by atoms with Gasteiger partial charge in [-0.3, -0.25) is 4.90 Å². The Morgan fingerprint density at radius 3 is 3.10 bits per heavy atom. The lowest BCUT2D eigenvalue weighted by atomic mass is 10.8. The van der Waals surface area contributed by atoms with Gasteiger partial charge in [0.15, 0.2) is 0 Å². The Bertz CT molecular complexity index is 180. The molecule has 1 heterocycles. The minimum atomic E-state index is -0.359. The molecule has 0 atom stereocenters. The summed E-state index contributed by atoms with van der Waals surface area (Å²) in [7, 11) is 1.35. The first-order chi connectivity index (χ1) is 4.74. The molecule has 1 aliphatic rings. The molecule has 0 spiro atoms. The van der Waals surface area contributed by atoms with Gasteiger partial charge in [0, 0.05) is 6.20 Å². The Morgan fingerprint density at radius 1 is 2.00 bits per heavy atom. The molecule has 0 aromatic carbocycles. The Kier molecular flexibility index (Phi) is 2.16. The van der Waals surface area contributed by atoms with Crippen LogP contribution in [-0.4, -0.2) is 24.8 Å². The molecule has 0 saturated heterocycles. The molecule has 1 rings (SSSR count). The van der Waals surface area contributed by atoms with Crippen molar-refractivity contribution in [1.29, 1.82) is 0 Å². The summed E-state index contributed by atoms with van der Waals surface area (Å²) in [4.78, 5) is 12.2. The second-order valence-electron chi connectivity index (χ2n) is 1.75. The van der Waals surface area contributed by atoms with Crippen molar-refractivity contribution in [2.24, 2.45) is 0 Å². The molecule has 10 heavy (non-hydrogen) atoms. The van der Waals surface area contributed by atoms with Crippen molar-refractivity contribution in [3.05, 3.63) is 10.8 Å². The van der Waals surface area contributed by atoms with E-state index in [1.807, 2.05) is 0 Å². The van der Waals surface area contributed by atoms with E-state index in [-0.39, 0.29) is 6.09 Å². The molecule has 1 amide bonds. The van der Waals surface area contributed by atoms with Gasteiger partial charge in [0.05, 0.1) is 18.4 Å². The number of rotatable bonds is 0. The zero-order valence-electron chi connectivity index (χ0n) is 5.43. The third kappa shape index (κ3) is 1.41. The lowest BCUT2D eigenvalue weighted by molar-refractivity contribution is 0.141. The van der Waals surface area contributed by atoms with Gasteiger partial charge >= 0.3 is 6.09 Å². The molecular formula is C5H7BrN2O2. The smallest absolute Gasteiger partial charge is 0.415 e. The van der Waals surface area contributed by atoms with Gasteiger partial charge in [-0.1, -0.05) is 0 Å². The van der Waals surface area contributed by atoms with Crippen LogP contribution in [0.3, 0.4) is 0 Å². The van der Waals surface area contributed by atoms with E-state index in [9.17, 15) is 4.79 Å². The molecule has 0 aromatic rings. The summed E-state index contributed by atoms with van der Waals surface area (Å²) < 4.78 is 5.25. The molecule has 0 unspecified atom stereocenters. The van der Waals surface area contributed by atoms with Crippen LogP contribution < -0.4 is 5.32 Å². The molecule has 0 fully saturated rings. The van der Waals surface area contributed by atoms with Gasteiger partial charge in [0.2, 0.25) is 0 Å². The standard InChI is InChI=1S/C5H7BrN2O2/c1-10-5(9)8-2-4(6)7-3-8/h2,7H,3H2,1H3. The van der Waals surface area contributed by atoms with Crippen molar-refractivity contribution in [2.45, 2.75) is 0 Å². The SMILES string of the molecule is COC(=O)N1C=C(Br)NC1. The van der Waals surface area contributed by atoms with Crippen molar-refractivity contribution in [1.82, 2.24) is 10.2 Å². The number of amides is 1. The van der Waals surface area contributed by atoms with E-state index < -0.39 is 0 Å². The second-order valence-corrected chi connectivity index (χ2v) is 2.61. The van der Waals surface area contributed by atoms with Crippen molar-refractivity contribution < 1.29 is 9.53 Å². The number of nitrogens with zero attached hydrogens (tertiary/aromatic N) is 1. The van der Waals surface area contributed by atoms with Crippen LogP contribution >= 0.6 is 15.9 Å². The molecule has 0 aliphatic carbocycles. The van der Waals surface area contributed by atoms with Gasteiger partial charge < -0.3 is 10.1 Å². The lowest BCUT2D eigenvalue weighted by Gasteiger charge is -2.08. The molecule has 0 saturated carbocycles. The Labute approximate surface area is 67.0 Å². The van der Waals surface area contributed by atoms with E-state index >= 15 is 0 Å². The van der Waals surface area contributed by atoms with Crippen molar-refractivity contribution in [2.75, 3.05) is 13.8 Å². The van der Waals surface area contributed by atoms with E-state index in [1.165, 1.54) is 12.0 Å². The highest BCUT2D eigenvalue weighted by Gasteiger charge is 2.16. The number of hydrogen-bond acceptors (Lipinski definition) is 3. The van der Waals surface area contributed by atoms with Crippen LogP contribution in [-0.2, 0) is 4.74 Å². The normalized spacial score (nSPS) is 16.2. The summed E-state index contributed by atoms with van der Waals surface area (Å²) in [6, 6.07) is 0. The summed E-state index contributed by atoms with van der Waals surface area (Å²) in [6.45, 7) is 0.466. The van der Waals surface area contributed by atoms with Crippen molar-refractivity contribution in [3.63, 3.8) is 0 Å². The van der Waals surface area contributed by atoms with Gasteiger partial charge in [-0.15, -0.1) is 0 Å². The zero-order chi connectivity index (χ0) is 7.56. The fourth-order valence-electron chi connectivity index (χ4n) is 0.623. The number of nitrogens with one attached hydrogen (secondary N) is 1. The molecular weight excluding hydrogens is 200 g/mol. The zero-order valence-corrected chi connectivity index (χ0v) is 7.01. The number of hydrogen-bond donors (Lipinski definition) is 1. The van der Waals surface area contributed by atoms with E-state index in [1.54, 1.807) is 6.20 Å². The number of carbonyl (C=O) groups excluding carboxylic acids is 1. The monoisotopic (exact) mass is 206 g/mol. The average Bonchev–Trinajstić information content (AvgIpc) is 2.34. The highest BCUT2D eigenvalue weighted by Crippen LogP contribution is 2.09. The number of carbonyl (C=O) groups is 1. The lowest BCUT2D eigenvalue weighted by Crippen LogP contribution is -2.27. The van der Waals surface area contributed by atoms with Crippen molar-refractivity contribution in [3.8, 4) is 0 Å². The van der Waals surface area contributed by atoms with E-state index in [0.29, 0.717) is 6.67 Å². The molecule has 0 aromatic heterocycles. The van der Waals surface area contributed by atoms with Crippen LogP contribution in [0.15, 0.2) is 10.8 Å². The average molecular weight is 207 g/mol. The number of ether oxygens (including phenoxy) is 1. The Morgan fingerprint density at radius 2 is 2.70 bits per heavy atom. The summed E-state index contributed by atoms with van der Waals surface area (Å²) >= 11 is 3.18. The minimum Gasteiger partial charge on any atom is -0.452 e. The summed E-state index contributed by atoms with van der Waals surface area (Å²) in [5.74, 6) is 0. The largest absolute Gasteiger partial charge is 0.452 e. The van der Waals surface area contributed by atoms with Crippen LogP contribution in [0.2, 0.25) is 0 Å². The molecule has 0 radical (unpaired) electrons. The van der Waals surface area contributed by atoms with E-state index in [0.717, 1.165) is 4.61 Å². The van der Waals surface area contributed by atoms with E-state index in [4.69, 9.17) is 0 Å². The number of methoxy groups -OCH3 is 1. The highest BCUT2D eigenvalue weighted by atomic mass is 79.9. The maximum Gasteiger partial charge on any atom is 0.415 e. The maximum absolute atomic E-state index is 10.8. The Hall–Kier alpha value is -0.710. The maximum atomic E-state index is 10.8. The van der Waals surface area contributed by atoms with Crippen molar-refractivity contribution >= 4 is 22.0 Å². The first-order valence-electron chi connectivity index (χ1n) is 2.70. The molecule has 4 nitrogen and oxygen atoms in total. The molecule has 1 aliphatic heterocycles. The molecule has 5 heteroatoms. The summed E-state index contributed by atoms with van der Waals surface area (Å²) in [6.07, 6.45) is 1.27. The first kappa shape index (κ1) is 7.40. The van der Waals surface area contributed by atoms with Crippen LogP contribution in [0.4, 0.5) is 4.79 Å². The first-order valence-corrected chi connectivity index (χ1v) is 3.49. The number of halogens is 1. The van der Waals surface area contributed by atoms with Gasteiger partial charge in [0.1, 0.15) is 0 Å². The van der Waals surface area contributed by atoms with E-state index in [2.05, 4.69) is 26.0 Å². The Balaban J connectivity index is 2.52. The van der Waals surface area contributed by atoms with Crippen LogP contribution in [0.5, 0.6) is 0 Å². The van der Waals surface area contributed by atoms with Crippen LogP contribution in [0.1, 0.15) is 0 Å². The topological polar surface area (TPSA) is 41.6 Å². The summed E-state index contributed by atoms with van der Waals surface area (Å²) in [5.41, 5.74) is 0. The predicted molar refractivity (Wildman–Crippen MR) is 39.3 cm³/mol. The van der Waals surface area contributed by atoms with Crippen LogP contribution in [0.25, 0.3) is 0 Å². The quantitative estimate of drug-likeness (QED) is 0.597. The molecule has 0 bridgehead atoms. The van der Waals surface area contributed by atoms with Gasteiger partial charge in [-0.05, 0) is 15.9 Å². The fraction of sp³-hybridized carbons (Fsp3) is 0.400. The predicted octanol–water partition coefficient (Wildman–Crippen LogP) is 0.809. The minimum absolute atomic E-state index is 0.359. The van der Waals surface area contributed by atoms with Gasteiger partial charge in [0.25, 0.3) is 0 Å². The third-order valence-electron chi connectivity index (χ3n) is 1.10. The molecule has 56 valence electrons. The van der Waals surface area contributed by atoms with Crippen LogP contribution in [0, 0.1) is 0 Å². The summed E-state index contributed by atoms with van der Waals surface area (Å²) in [5, 5.41) is 2.89. The van der Waals surface area contributed by atoms with Gasteiger partial charge in [-0.2, -0.15) is 0 Å². The highest BCUT2D eigenvalue weighted by molar-refractivity contribution is 9.11. The molecule has 1 N–H and O–H groups in total. The fourth-order valence-corrected chi connectivity index (χ4v) is 0.996. The van der Waals surface area contributed by atoms with Gasteiger partial charge in [-0.25, -0.2) is 4.79 Å². The second kappa shape index (κ2) is 2.92. The third-order valence-corrected chi connectivity index (χ3v) is 1.58.